The quantitative estimate of drug-likeness (QED) is 0.0844. The summed E-state index contributed by atoms with van der Waals surface area (Å²) in [6.45, 7) is 0. The Hall–Kier alpha value is -4.53. The molecule has 0 bridgehead atoms. The monoisotopic (exact) mass is 599 g/mol. The maximum absolute atomic E-state index is 11.9. The number of nitrogens with zero attached hydrogens (tertiary/aromatic N) is 2. The van der Waals surface area contributed by atoms with Crippen molar-refractivity contribution in [2.75, 3.05) is 0 Å². The number of hydrogen-bond donors (Lipinski definition) is 2. The molecular weight excluding hydrogens is 577 g/mol. The molecule has 0 aromatic heterocycles. The van der Waals surface area contributed by atoms with E-state index in [2.05, 4.69) is 71.2 Å². The molecule has 0 aliphatic carbocycles. The zero-order chi connectivity index (χ0) is 26.5. The Morgan fingerprint density at radius 2 is 1.27 bits per heavy atom. The molecule has 37 heavy (non-hydrogen) atoms. The number of non-ortho nitro benzene ring substituents is 1. The first kappa shape index (κ1) is 27.1. The van der Waals surface area contributed by atoms with Crippen LogP contribution in [0.25, 0.3) is 5.57 Å². The summed E-state index contributed by atoms with van der Waals surface area (Å²) in [7, 11) is 0. The van der Waals surface area contributed by atoms with Gasteiger partial charge in [-0.3, -0.25) is 14.9 Å². The van der Waals surface area contributed by atoms with E-state index in [9.17, 15) is 24.8 Å². The first-order valence-electron chi connectivity index (χ1n) is 11.0. The van der Waals surface area contributed by atoms with Crippen LogP contribution in [-0.2, 0) is 4.79 Å². The van der Waals surface area contributed by atoms with E-state index in [0.717, 1.165) is 0 Å². The van der Waals surface area contributed by atoms with Crippen molar-refractivity contribution in [3.63, 3.8) is 0 Å². The van der Waals surface area contributed by atoms with Crippen LogP contribution in [-0.4, -0.2) is 48.9 Å². The normalized spacial score (nSPS) is 10.3. The Balaban J connectivity index is 0.000000244. The summed E-state index contributed by atoms with van der Waals surface area (Å²) in [5.41, 5.74) is 2.19. The van der Waals surface area contributed by atoms with Crippen LogP contribution in [0.5, 0.6) is 0 Å². The van der Waals surface area contributed by atoms with Crippen LogP contribution in [0.15, 0.2) is 120 Å². The molecule has 0 saturated carbocycles. The summed E-state index contributed by atoms with van der Waals surface area (Å²) in [4.78, 5) is 32.8. The summed E-state index contributed by atoms with van der Waals surface area (Å²) in [6, 6.07) is 34.6. The SMILES string of the molecule is O=C=C(C(O)=NNC(=O)c1ccc([N+](=O)[O-])cc1)c1ccccc1.c1cc[c]([Sn][c]2ccccc2)cc1. The number of carbonyl (C=O) groups excluding carboxylic acids is 2. The fourth-order valence-electron chi connectivity index (χ4n) is 3.01. The van der Waals surface area contributed by atoms with E-state index in [1.54, 1.807) is 36.3 Å². The Labute approximate surface area is 223 Å². The molecule has 9 heteroatoms. The van der Waals surface area contributed by atoms with E-state index in [-0.39, 0.29) is 16.8 Å². The van der Waals surface area contributed by atoms with Crippen LogP contribution in [0.1, 0.15) is 15.9 Å². The van der Waals surface area contributed by atoms with Gasteiger partial charge in [0.05, 0.1) is 4.92 Å². The van der Waals surface area contributed by atoms with E-state index < -0.39 is 37.9 Å². The zero-order valence-electron chi connectivity index (χ0n) is 19.4. The first-order chi connectivity index (χ1) is 18.0. The van der Waals surface area contributed by atoms with Gasteiger partial charge in [0.2, 0.25) is 5.90 Å². The summed E-state index contributed by atoms with van der Waals surface area (Å²) in [5.74, 6) is 0.160. The van der Waals surface area contributed by atoms with Crippen molar-refractivity contribution in [1.82, 2.24) is 5.43 Å². The molecule has 0 atom stereocenters. The predicted molar refractivity (Wildman–Crippen MR) is 144 cm³/mol. The first-order valence-corrected chi connectivity index (χ1v) is 13.8. The van der Waals surface area contributed by atoms with Crippen LogP contribution in [0, 0.1) is 10.1 Å². The molecule has 4 aromatic carbocycles. The molecule has 0 aliphatic heterocycles. The number of aliphatic hydroxyl groups is 1. The molecule has 0 spiro atoms. The Kier molecular flexibility index (Phi) is 10.3. The van der Waals surface area contributed by atoms with Gasteiger partial charge in [-0.25, -0.2) is 10.2 Å². The van der Waals surface area contributed by atoms with Crippen molar-refractivity contribution in [2.45, 2.75) is 0 Å². The van der Waals surface area contributed by atoms with Gasteiger partial charge in [0.25, 0.3) is 11.6 Å². The van der Waals surface area contributed by atoms with E-state index in [1.165, 1.54) is 31.4 Å². The van der Waals surface area contributed by atoms with Gasteiger partial charge in [0, 0.05) is 17.7 Å². The molecule has 182 valence electrons. The molecule has 1 amide bonds. The number of benzene rings is 4. The molecule has 8 nitrogen and oxygen atoms in total. The number of hydrazone groups is 1. The number of amides is 1. The van der Waals surface area contributed by atoms with Crippen molar-refractivity contribution in [1.29, 1.82) is 0 Å². The molecule has 0 saturated heterocycles. The number of nitrogens with one attached hydrogen (secondary N) is 1. The van der Waals surface area contributed by atoms with E-state index >= 15 is 0 Å². The van der Waals surface area contributed by atoms with Crippen LogP contribution in [0.3, 0.4) is 0 Å². The van der Waals surface area contributed by atoms with E-state index in [1.807, 2.05) is 0 Å². The molecule has 4 aromatic rings. The molecular formula is C28H21N3O5Sn. The number of aliphatic hydroxyl groups excluding tert-OH is 1. The second kappa shape index (κ2) is 14.1. The van der Waals surface area contributed by atoms with Gasteiger partial charge in [-0.05, 0) is 17.7 Å². The Bertz CT molecular complexity index is 1370. The Morgan fingerprint density at radius 3 is 1.73 bits per heavy atom. The predicted octanol–water partition coefficient (Wildman–Crippen LogP) is 3.45. The minimum absolute atomic E-state index is 0.105. The van der Waals surface area contributed by atoms with Gasteiger partial charge in [-0.15, -0.1) is 5.10 Å². The van der Waals surface area contributed by atoms with Gasteiger partial charge in [-0.1, -0.05) is 30.3 Å². The number of nitro benzene ring substituents is 1. The van der Waals surface area contributed by atoms with Crippen molar-refractivity contribution in [3.8, 4) is 0 Å². The zero-order valence-corrected chi connectivity index (χ0v) is 22.3. The van der Waals surface area contributed by atoms with Crippen LogP contribution >= 0.6 is 0 Å². The third-order valence-electron chi connectivity index (χ3n) is 4.83. The van der Waals surface area contributed by atoms with Crippen LogP contribution in [0.2, 0.25) is 0 Å². The van der Waals surface area contributed by atoms with Gasteiger partial charge >= 0.3 is 89.0 Å². The van der Waals surface area contributed by atoms with E-state index in [4.69, 9.17) is 0 Å². The van der Waals surface area contributed by atoms with Crippen LogP contribution in [0.4, 0.5) is 5.69 Å². The number of hydrogen-bond acceptors (Lipinski definition) is 5. The number of carbonyl (C=O) groups is 1. The maximum atomic E-state index is 11.9. The average Bonchev–Trinajstić information content (AvgIpc) is 2.94. The summed E-state index contributed by atoms with van der Waals surface area (Å²) in [6.07, 6.45) is 0. The van der Waals surface area contributed by atoms with Gasteiger partial charge < -0.3 is 5.11 Å². The van der Waals surface area contributed by atoms with Gasteiger partial charge in [-0.2, -0.15) is 0 Å². The van der Waals surface area contributed by atoms with Gasteiger partial charge in [0.1, 0.15) is 11.5 Å². The molecule has 0 unspecified atom stereocenters. The van der Waals surface area contributed by atoms with Gasteiger partial charge in [0.15, 0.2) is 0 Å². The number of nitro groups is 1. The Morgan fingerprint density at radius 1 is 0.784 bits per heavy atom. The van der Waals surface area contributed by atoms with E-state index in [0.29, 0.717) is 5.56 Å². The second-order valence-electron chi connectivity index (χ2n) is 7.38. The molecule has 2 N–H and O–H groups in total. The third-order valence-corrected chi connectivity index (χ3v) is 8.38. The van der Waals surface area contributed by atoms with Crippen molar-refractivity contribution in [3.05, 3.63) is 137 Å². The van der Waals surface area contributed by atoms with Crippen molar-refractivity contribution < 1.29 is 19.6 Å². The standard InChI is InChI=1S/C16H11N3O5.2C6H5.Sn/c20-10-14(11-4-2-1-3-5-11)16(22)18-17-15(21)12-6-8-13(9-7-12)19(23)24;2*1-2-4-6-5-3-1;/h1-9H,(H,17,21)(H,18,22);2*1-5H;. The topological polar surface area (TPSA) is 122 Å². The van der Waals surface area contributed by atoms with Crippen LogP contribution < -0.4 is 12.6 Å². The molecule has 0 aliphatic rings. The summed E-state index contributed by atoms with van der Waals surface area (Å²) in [5, 5.41) is 23.8. The molecule has 0 fully saturated rings. The third kappa shape index (κ3) is 8.57. The summed E-state index contributed by atoms with van der Waals surface area (Å²) < 4.78 is 3.08. The van der Waals surface area contributed by atoms with Crippen molar-refractivity contribution in [2.24, 2.45) is 5.10 Å². The fraction of sp³-hybridized carbons (Fsp3) is 0. The average molecular weight is 598 g/mol. The second-order valence-corrected chi connectivity index (χ2v) is 11.4. The van der Waals surface area contributed by atoms with Crippen molar-refractivity contribution >= 4 is 57.3 Å². The summed E-state index contributed by atoms with van der Waals surface area (Å²) >= 11 is -0.517. The minimum atomic E-state index is -0.702. The number of rotatable bonds is 7. The molecule has 0 heterocycles. The molecule has 4 rings (SSSR count). The molecule has 2 radical (unpaired) electrons. The fourth-order valence-corrected chi connectivity index (χ4v) is 6.01.